The number of aliphatic carboxylic acids is 1. The third-order valence-electron chi connectivity index (χ3n) is 6.13. The number of rotatable bonds is 17. The number of hydrogen-bond donors (Lipinski definition) is 9. The molecule has 0 saturated carbocycles. The lowest BCUT2D eigenvalue weighted by Gasteiger charge is -2.28. The van der Waals surface area contributed by atoms with E-state index in [0.717, 1.165) is 0 Å². The fourth-order valence-electron chi connectivity index (χ4n) is 3.62. The van der Waals surface area contributed by atoms with Crippen molar-refractivity contribution in [3.05, 3.63) is 29.8 Å². The van der Waals surface area contributed by atoms with E-state index in [1.807, 2.05) is 0 Å². The molecule has 0 aliphatic carbocycles. The van der Waals surface area contributed by atoms with Gasteiger partial charge < -0.3 is 49.1 Å². The van der Waals surface area contributed by atoms with Gasteiger partial charge in [0, 0.05) is 13.0 Å². The number of guanidine groups is 1. The molecule has 4 amide bonds. The van der Waals surface area contributed by atoms with Crippen LogP contribution in [0, 0.1) is 5.92 Å². The van der Waals surface area contributed by atoms with Gasteiger partial charge in [-0.25, -0.2) is 4.79 Å². The van der Waals surface area contributed by atoms with Gasteiger partial charge in [-0.3, -0.25) is 24.2 Å². The predicted molar refractivity (Wildman–Crippen MR) is 146 cm³/mol. The van der Waals surface area contributed by atoms with Crippen LogP contribution in [-0.4, -0.2) is 76.5 Å². The van der Waals surface area contributed by atoms with E-state index in [0.29, 0.717) is 18.4 Å². The molecule has 5 unspecified atom stereocenters. The number of hydrogen-bond acceptors (Lipinski definition) is 8. The van der Waals surface area contributed by atoms with Gasteiger partial charge in [0.1, 0.15) is 23.9 Å². The Kier molecular flexibility index (Phi) is 13.9. The molecular formula is C25H40N8O7. The Balaban J connectivity index is 2.98. The van der Waals surface area contributed by atoms with Gasteiger partial charge in [0.15, 0.2) is 5.96 Å². The van der Waals surface area contributed by atoms with Gasteiger partial charge in [-0.15, -0.1) is 0 Å². The molecule has 0 spiro atoms. The molecule has 222 valence electrons. The van der Waals surface area contributed by atoms with Gasteiger partial charge in [0.05, 0.1) is 12.5 Å². The number of phenols is 1. The Hall–Kier alpha value is -4.40. The minimum absolute atomic E-state index is 0.00344. The average Bonchev–Trinajstić information content (AvgIpc) is 2.88. The first-order valence-electron chi connectivity index (χ1n) is 12.8. The number of nitrogens with two attached hydrogens (primary N) is 4. The molecule has 0 fully saturated rings. The van der Waals surface area contributed by atoms with E-state index >= 15 is 0 Å². The molecule has 40 heavy (non-hydrogen) atoms. The van der Waals surface area contributed by atoms with Crippen molar-refractivity contribution in [2.24, 2.45) is 33.8 Å². The van der Waals surface area contributed by atoms with E-state index < -0.39 is 66.1 Å². The van der Waals surface area contributed by atoms with Crippen molar-refractivity contribution in [1.82, 2.24) is 16.0 Å². The van der Waals surface area contributed by atoms with Crippen molar-refractivity contribution in [2.75, 3.05) is 6.54 Å². The third kappa shape index (κ3) is 12.0. The van der Waals surface area contributed by atoms with Crippen molar-refractivity contribution < 1.29 is 34.2 Å². The molecule has 15 heteroatoms. The van der Waals surface area contributed by atoms with Crippen molar-refractivity contribution >= 4 is 35.6 Å². The first kappa shape index (κ1) is 33.6. The van der Waals surface area contributed by atoms with Crippen LogP contribution in [0.2, 0.25) is 0 Å². The molecule has 0 bridgehead atoms. The summed E-state index contributed by atoms with van der Waals surface area (Å²) in [5, 5.41) is 26.4. The number of carboxylic acids is 1. The Morgan fingerprint density at radius 2 is 1.52 bits per heavy atom. The van der Waals surface area contributed by atoms with Crippen LogP contribution in [0.5, 0.6) is 5.75 Å². The normalized spacial score (nSPS) is 14.5. The number of carboxylic acid groups (broad SMARTS) is 1. The molecule has 1 aromatic rings. The number of nitrogens with one attached hydrogen (secondary N) is 3. The van der Waals surface area contributed by atoms with Gasteiger partial charge in [0.25, 0.3) is 0 Å². The maximum Gasteiger partial charge on any atom is 0.326 e. The second-order valence-electron chi connectivity index (χ2n) is 9.43. The van der Waals surface area contributed by atoms with Gasteiger partial charge in [-0.1, -0.05) is 32.4 Å². The van der Waals surface area contributed by atoms with Gasteiger partial charge >= 0.3 is 5.97 Å². The van der Waals surface area contributed by atoms with Crippen LogP contribution in [0.3, 0.4) is 0 Å². The van der Waals surface area contributed by atoms with Crippen LogP contribution in [0.1, 0.15) is 45.1 Å². The topological polar surface area (TPSA) is 278 Å². The van der Waals surface area contributed by atoms with Gasteiger partial charge in [0.2, 0.25) is 23.6 Å². The maximum absolute atomic E-state index is 13.2. The van der Waals surface area contributed by atoms with Crippen molar-refractivity contribution in [2.45, 2.75) is 70.1 Å². The number of aliphatic imine (C=N–C) groups is 1. The lowest BCUT2D eigenvalue weighted by atomic mass is 9.96. The number of carbonyl (C=O) groups is 5. The van der Waals surface area contributed by atoms with E-state index in [4.69, 9.17) is 22.9 Å². The minimum Gasteiger partial charge on any atom is -0.508 e. The fourth-order valence-corrected chi connectivity index (χ4v) is 3.62. The largest absolute Gasteiger partial charge is 0.508 e. The lowest BCUT2D eigenvalue weighted by molar-refractivity contribution is -0.142. The molecular weight excluding hydrogens is 524 g/mol. The molecule has 13 N–H and O–H groups in total. The number of phenolic OH excluding ortho intramolecular Hbond substituents is 1. The van der Waals surface area contributed by atoms with Crippen LogP contribution in [0.25, 0.3) is 0 Å². The summed E-state index contributed by atoms with van der Waals surface area (Å²) in [6.07, 6.45) is 0.352. The van der Waals surface area contributed by atoms with Crippen LogP contribution in [-0.2, 0) is 30.4 Å². The number of primary amides is 1. The molecule has 5 atom stereocenters. The number of amides is 4. The number of aromatic hydroxyl groups is 1. The number of carbonyl (C=O) groups excluding carboxylic acids is 4. The molecule has 0 aliphatic rings. The molecule has 0 radical (unpaired) electrons. The summed E-state index contributed by atoms with van der Waals surface area (Å²) in [7, 11) is 0. The second kappa shape index (κ2) is 16.5. The first-order chi connectivity index (χ1) is 18.7. The summed E-state index contributed by atoms with van der Waals surface area (Å²) in [5.74, 6) is -5.10. The molecule has 0 saturated heterocycles. The molecule has 15 nitrogen and oxygen atoms in total. The van der Waals surface area contributed by atoms with Gasteiger partial charge in [-0.2, -0.15) is 0 Å². The second-order valence-corrected chi connectivity index (χ2v) is 9.43. The van der Waals surface area contributed by atoms with Crippen molar-refractivity contribution in [3.8, 4) is 5.75 Å². The highest BCUT2D eigenvalue weighted by atomic mass is 16.4. The van der Waals surface area contributed by atoms with E-state index in [1.165, 1.54) is 24.3 Å². The summed E-state index contributed by atoms with van der Waals surface area (Å²) in [5.41, 5.74) is 22.2. The molecule has 0 aromatic heterocycles. The van der Waals surface area contributed by atoms with Crippen LogP contribution < -0.4 is 38.9 Å². The Labute approximate surface area is 232 Å². The summed E-state index contributed by atoms with van der Waals surface area (Å²) in [6, 6.07) is 0.825. The highest BCUT2D eigenvalue weighted by molar-refractivity contribution is 5.96. The van der Waals surface area contributed by atoms with Crippen molar-refractivity contribution in [3.63, 3.8) is 0 Å². The Morgan fingerprint density at radius 3 is 2.05 bits per heavy atom. The summed E-state index contributed by atoms with van der Waals surface area (Å²) in [4.78, 5) is 66.1. The summed E-state index contributed by atoms with van der Waals surface area (Å²) < 4.78 is 0. The molecule has 0 heterocycles. The van der Waals surface area contributed by atoms with Crippen LogP contribution in [0.15, 0.2) is 29.3 Å². The Bertz CT molecular complexity index is 1060. The quantitative estimate of drug-likeness (QED) is 0.0558. The van der Waals surface area contributed by atoms with Crippen LogP contribution in [0.4, 0.5) is 0 Å². The van der Waals surface area contributed by atoms with E-state index in [2.05, 4.69) is 20.9 Å². The third-order valence-corrected chi connectivity index (χ3v) is 6.13. The molecule has 1 rings (SSSR count). The van der Waals surface area contributed by atoms with Gasteiger partial charge in [-0.05, 0) is 36.5 Å². The van der Waals surface area contributed by atoms with Crippen molar-refractivity contribution in [1.29, 1.82) is 0 Å². The number of nitrogens with zero attached hydrogens (tertiary/aromatic N) is 1. The first-order valence-corrected chi connectivity index (χ1v) is 12.8. The molecule has 0 aliphatic heterocycles. The predicted octanol–water partition coefficient (Wildman–Crippen LogP) is -2.22. The van der Waals surface area contributed by atoms with E-state index in [9.17, 15) is 34.2 Å². The zero-order valence-electron chi connectivity index (χ0n) is 22.6. The fraction of sp³-hybridized carbons (Fsp3) is 0.520. The standard InChI is InChI=1S/C25H40N8O7/c1-3-13(2)20(23(38)32-18(24(39)40)11-14-6-8-15(34)9-7-14)33-22(37)17(12-19(27)35)31-21(36)16(26)5-4-10-30-25(28)29/h6-9,13,16-18,20,34H,3-5,10-12,26H2,1-2H3,(H2,27,35)(H,31,36)(H,32,38)(H,33,37)(H,39,40)(H4,28,29,30). The summed E-state index contributed by atoms with van der Waals surface area (Å²) in [6.45, 7) is 3.69. The smallest absolute Gasteiger partial charge is 0.326 e. The summed E-state index contributed by atoms with van der Waals surface area (Å²) >= 11 is 0. The zero-order valence-corrected chi connectivity index (χ0v) is 22.6. The highest BCUT2D eigenvalue weighted by Crippen LogP contribution is 2.13. The average molecular weight is 565 g/mol. The highest BCUT2D eigenvalue weighted by Gasteiger charge is 2.33. The Morgan fingerprint density at radius 1 is 0.925 bits per heavy atom. The molecule has 1 aromatic carbocycles. The van der Waals surface area contributed by atoms with E-state index in [1.54, 1.807) is 13.8 Å². The van der Waals surface area contributed by atoms with E-state index in [-0.39, 0.29) is 31.1 Å². The lowest BCUT2D eigenvalue weighted by Crippen LogP contribution is -2.59. The van der Waals surface area contributed by atoms with Crippen LogP contribution >= 0.6 is 0 Å². The zero-order chi connectivity index (χ0) is 30.4. The maximum atomic E-state index is 13.2. The monoisotopic (exact) mass is 564 g/mol. The minimum atomic E-state index is -1.43. The number of benzene rings is 1. The SMILES string of the molecule is CCC(C)C(NC(=O)C(CC(N)=O)NC(=O)C(N)CCCN=C(N)N)C(=O)NC(Cc1ccc(O)cc1)C(=O)O.